The third-order valence-electron chi connectivity index (χ3n) is 4.35. The lowest BCUT2D eigenvalue weighted by Crippen LogP contribution is -2.38. The maximum Gasteiger partial charge on any atom is 0.225 e. The number of carbonyl (C=O) groups is 1. The Labute approximate surface area is 122 Å². The van der Waals surface area contributed by atoms with Crippen LogP contribution in [0.25, 0.3) is 0 Å². The van der Waals surface area contributed by atoms with Crippen LogP contribution in [0.5, 0.6) is 0 Å². The normalized spacial score (nSPS) is 22.6. The van der Waals surface area contributed by atoms with E-state index < -0.39 is 0 Å². The van der Waals surface area contributed by atoms with Gasteiger partial charge in [0.25, 0.3) is 0 Å². The number of carbonyl (C=O) groups excluding carboxylic acids is 1. The highest BCUT2D eigenvalue weighted by Crippen LogP contribution is 2.25. The summed E-state index contributed by atoms with van der Waals surface area (Å²) >= 11 is 0. The Balaban J connectivity index is 2.00. The molecule has 110 valence electrons. The van der Waals surface area contributed by atoms with E-state index in [0.717, 1.165) is 25.7 Å². The number of amides is 1. The van der Waals surface area contributed by atoms with Gasteiger partial charge < -0.3 is 10.6 Å². The highest BCUT2D eigenvalue weighted by Gasteiger charge is 2.27. The third-order valence-corrected chi connectivity index (χ3v) is 4.35. The first-order valence-corrected chi connectivity index (χ1v) is 7.54. The zero-order valence-electron chi connectivity index (χ0n) is 12.9. The number of rotatable bonds is 3. The number of benzene rings is 1. The van der Waals surface area contributed by atoms with Gasteiger partial charge in [-0.1, -0.05) is 30.2 Å². The molecule has 1 saturated carbocycles. The lowest BCUT2D eigenvalue weighted by atomic mass is 9.85. The van der Waals surface area contributed by atoms with E-state index in [9.17, 15) is 4.79 Å². The molecule has 0 heterocycles. The molecule has 0 spiro atoms. The van der Waals surface area contributed by atoms with Crippen molar-refractivity contribution in [1.82, 2.24) is 4.90 Å². The van der Waals surface area contributed by atoms with Crippen LogP contribution in [0, 0.1) is 19.8 Å². The molecule has 0 aromatic heterocycles. The van der Waals surface area contributed by atoms with Crippen molar-refractivity contribution in [1.29, 1.82) is 0 Å². The van der Waals surface area contributed by atoms with Crippen molar-refractivity contribution < 1.29 is 4.79 Å². The number of nitrogens with zero attached hydrogens (tertiary/aromatic N) is 1. The molecule has 20 heavy (non-hydrogen) atoms. The fourth-order valence-electron chi connectivity index (χ4n) is 3.12. The molecule has 2 atom stereocenters. The van der Waals surface area contributed by atoms with Gasteiger partial charge in [0.2, 0.25) is 5.91 Å². The van der Waals surface area contributed by atoms with Gasteiger partial charge in [0, 0.05) is 25.6 Å². The van der Waals surface area contributed by atoms with E-state index in [-0.39, 0.29) is 17.9 Å². The van der Waals surface area contributed by atoms with Crippen molar-refractivity contribution in [3.8, 4) is 0 Å². The predicted molar refractivity (Wildman–Crippen MR) is 82.3 cm³/mol. The molecule has 3 heteroatoms. The average Bonchev–Trinajstić information content (AvgIpc) is 2.41. The lowest BCUT2D eigenvalue weighted by Gasteiger charge is -2.29. The smallest absolute Gasteiger partial charge is 0.225 e. The van der Waals surface area contributed by atoms with Gasteiger partial charge >= 0.3 is 0 Å². The van der Waals surface area contributed by atoms with Gasteiger partial charge in [-0.25, -0.2) is 0 Å². The number of aryl methyl sites for hydroxylation is 2. The van der Waals surface area contributed by atoms with Gasteiger partial charge in [-0.3, -0.25) is 4.79 Å². The molecule has 0 radical (unpaired) electrons. The monoisotopic (exact) mass is 274 g/mol. The molecule has 1 aliphatic carbocycles. The van der Waals surface area contributed by atoms with Crippen molar-refractivity contribution in [3.63, 3.8) is 0 Å². The highest BCUT2D eigenvalue weighted by molar-refractivity contribution is 5.78. The van der Waals surface area contributed by atoms with E-state index in [1.165, 1.54) is 16.7 Å². The van der Waals surface area contributed by atoms with Crippen LogP contribution in [0.2, 0.25) is 0 Å². The minimum absolute atomic E-state index is 0.120. The van der Waals surface area contributed by atoms with E-state index >= 15 is 0 Å². The summed E-state index contributed by atoms with van der Waals surface area (Å²) in [6.45, 7) is 4.89. The van der Waals surface area contributed by atoms with Gasteiger partial charge in [-0.2, -0.15) is 0 Å². The summed E-state index contributed by atoms with van der Waals surface area (Å²) in [7, 11) is 1.90. The van der Waals surface area contributed by atoms with Crippen molar-refractivity contribution >= 4 is 5.91 Å². The molecule has 1 amide bonds. The van der Waals surface area contributed by atoms with Crippen molar-refractivity contribution in [3.05, 3.63) is 34.9 Å². The molecule has 1 aromatic rings. The quantitative estimate of drug-likeness (QED) is 0.921. The molecule has 2 rings (SSSR count). The highest BCUT2D eigenvalue weighted by atomic mass is 16.2. The second-order valence-electron chi connectivity index (χ2n) is 6.25. The van der Waals surface area contributed by atoms with E-state index in [1.807, 2.05) is 11.9 Å². The fraction of sp³-hybridized carbons (Fsp3) is 0.588. The Bertz CT molecular complexity index is 484. The molecular weight excluding hydrogens is 248 g/mol. The largest absolute Gasteiger partial charge is 0.341 e. The minimum Gasteiger partial charge on any atom is -0.341 e. The second kappa shape index (κ2) is 6.40. The summed E-state index contributed by atoms with van der Waals surface area (Å²) in [5.41, 5.74) is 9.73. The number of hydrogen-bond donors (Lipinski definition) is 1. The molecule has 0 aliphatic heterocycles. The summed E-state index contributed by atoms with van der Waals surface area (Å²) in [6, 6.07) is 6.61. The average molecular weight is 274 g/mol. The summed E-state index contributed by atoms with van der Waals surface area (Å²) in [5.74, 6) is 0.370. The van der Waals surface area contributed by atoms with Crippen LogP contribution in [0.4, 0.5) is 0 Å². The summed E-state index contributed by atoms with van der Waals surface area (Å²) in [4.78, 5) is 14.4. The van der Waals surface area contributed by atoms with Gasteiger partial charge in [0.1, 0.15) is 0 Å². The second-order valence-corrected chi connectivity index (χ2v) is 6.25. The third kappa shape index (κ3) is 3.60. The van der Waals surface area contributed by atoms with Crippen molar-refractivity contribution in [2.24, 2.45) is 11.7 Å². The van der Waals surface area contributed by atoms with Crippen LogP contribution < -0.4 is 5.73 Å². The SMILES string of the molecule is Cc1ccc(CN(C)C(=O)[C@@H]2CCC[C@@H](N)C2)c(C)c1. The zero-order chi connectivity index (χ0) is 14.7. The van der Waals surface area contributed by atoms with Gasteiger partial charge in [0.05, 0.1) is 0 Å². The van der Waals surface area contributed by atoms with Crippen LogP contribution >= 0.6 is 0 Å². The van der Waals surface area contributed by atoms with Crippen LogP contribution in [-0.4, -0.2) is 23.9 Å². The Hall–Kier alpha value is -1.35. The van der Waals surface area contributed by atoms with Gasteiger partial charge in [-0.05, 0) is 44.2 Å². The molecule has 1 aromatic carbocycles. The maximum atomic E-state index is 12.5. The Morgan fingerprint density at radius 2 is 2.10 bits per heavy atom. The molecule has 0 bridgehead atoms. The standard InChI is InChI=1S/C17H26N2O/c1-12-7-8-15(13(2)9-12)11-19(3)17(20)14-5-4-6-16(18)10-14/h7-9,14,16H,4-6,10-11,18H2,1-3H3/t14-,16-/m1/s1. The summed E-state index contributed by atoms with van der Waals surface area (Å²) in [5, 5.41) is 0. The Morgan fingerprint density at radius 1 is 1.35 bits per heavy atom. The van der Waals surface area contributed by atoms with Gasteiger partial charge in [-0.15, -0.1) is 0 Å². The van der Waals surface area contributed by atoms with Crippen LogP contribution in [0.15, 0.2) is 18.2 Å². The molecule has 1 fully saturated rings. The molecule has 1 aliphatic rings. The lowest BCUT2D eigenvalue weighted by molar-refractivity contribution is -0.135. The molecule has 2 N–H and O–H groups in total. The predicted octanol–water partition coefficient (Wildman–Crippen LogP) is 2.78. The van der Waals surface area contributed by atoms with Crippen LogP contribution in [-0.2, 0) is 11.3 Å². The summed E-state index contributed by atoms with van der Waals surface area (Å²) < 4.78 is 0. The minimum atomic E-state index is 0.120. The number of hydrogen-bond acceptors (Lipinski definition) is 2. The van der Waals surface area contributed by atoms with Crippen LogP contribution in [0.3, 0.4) is 0 Å². The van der Waals surface area contributed by atoms with Crippen LogP contribution in [0.1, 0.15) is 42.4 Å². The molecule has 0 unspecified atom stereocenters. The first-order chi connectivity index (χ1) is 9.47. The fourth-order valence-corrected chi connectivity index (χ4v) is 3.12. The first kappa shape index (κ1) is 15.0. The topological polar surface area (TPSA) is 46.3 Å². The van der Waals surface area contributed by atoms with E-state index in [1.54, 1.807) is 0 Å². The van der Waals surface area contributed by atoms with E-state index in [0.29, 0.717) is 6.54 Å². The van der Waals surface area contributed by atoms with Gasteiger partial charge in [0.15, 0.2) is 0 Å². The molecule has 0 saturated heterocycles. The molecular formula is C17H26N2O. The van der Waals surface area contributed by atoms with E-state index in [2.05, 4.69) is 32.0 Å². The Morgan fingerprint density at radius 3 is 2.75 bits per heavy atom. The summed E-state index contributed by atoms with van der Waals surface area (Å²) in [6.07, 6.45) is 3.97. The number of nitrogens with two attached hydrogens (primary N) is 1. The maximum absolute atomic E-state index is 12.5. The Kier molecular flexibility index (Phi) is 4.81. The zero-order valence-corrected chi connectivity index (χ0v) is 12.9. The van der Waals surface area contributed by atoms with E-state index in [4.69, 9.17) is 5.73 Å². The molecule has 3 nitrogen and oxygen atoms in total. The van der Waals surface area contributed by atoms with Crippen molar-refractivity contribution in [2.75, 3.05) is 7.05 Å². The van der Waals surface area contributed by atoms with Crippen molar-refractivity contribution in [2.45, 2.75) is 52.1 Å². The first-order valence-electron chi connectivity index (χ1n) is 7.54.